The van der Waals surface area contributed by atoms with Crippen LogP contribution in [0.4, 0.5) is 0 Å². The molecule has 0 radical (unpaired) electrons. The quantitative estimate of drug-likeness (QED) is 0.852. The Bertz CT molecular complexity index is 702. The molecule has 3 aliphatic rings. The summed E-state index contributed by atoms with van der Waals surface area (Å²) in [4.78, 5) is 4.94. The highest BCUT2D eigenvalue weighted by molar-refractivity contribution is 7.09. The third kappa shape index (κ3) is 2.85. The van der Waals surface area contributed by atoms with E-state index in [-0.39, 0.29) is 24.8 Å². The van der Waals surface area contributed by atoms with Gasteiger partial charge in [0.2, 0.25) is 0 Å². The maximum Gasteiger partial charge on any atom is 0.0985 e. The predicted octanol–water partition coefficient (Wildman–Crippen LogP) is 2.80. The van der Waals surface area contributed by atoms with E-state index in [9.17, 15) is 0 Å². The molecule has 2 nitrogen and oxygen atoms in total. The molecule has 114 valence electrons. The van der Waals surface area contributed by atoms with E-state index in [4.69, 9.17) is 10.7 Å². The topological polar surface area (TPSA) is 38.9 Å². The summed E-state index contributed by atoms with van der Waals surface area (Å²) in [7, 11) is 0. The first-order valence-corrected chi connectivity index (χ1v) is 7.99. The molecule has 0 saturated heterocycles. The molecule has 21 heavy (non-hydrogen) atoms. The third-order valence-corrected chi connectivity index (χ3v) is 5.60. The average Bonchev–Trinajstić information content (AvgIpc) is 2.96. The first-order chi connectivity index (χ1) is 9.33. The molecular formula is C16H20Cl2N2S. The number of rotatable bonds is 1. The molecule has 2 N–H and O–H groups in total. The van der Waals surface area contributed by atoms with Crippen LogP contribution in [0, 0.1) is 0 Å². The van der Waals surface area contributed by atoms with Gasteiger partial charge in [0.25, 0.3) is 0 Å². The van der Waals surface area contributed by atoms with Crippen LogP contribution in [0.25, 0.3) is 11.6 Å². The van der Waals surface area contributed by atoms with E-state index in [1.807, 2.05) is 11.3 Å². The number of halogens is 2. The van der Waals surface area contributed by atoms with E-state index in [0.29, 0.717) is 12.0 Å². The lowest BCUT2D eigenvalue weighted by Gasteiger charge is -2.26. The lowest BCUT2D eigenvalue weighted by Crippen LogP contribution is -2.31. The van der Waals surface area contributed by atoms with E-state index in [1.165, 1.54) is 45.3 Å². The zero-order chi connectivity index (χ0) is 12.8. The fourth-order valence-electron chi connectivity index (χ4n) is 3.37. The number of hydrogen-bond acceptors (Lipinski definition) is 3. The minimum Gasteiger partial charge on any atom is -0.327 e. The van der Waals surface area contributed by atoms with Gasteiger partial charge in [-0.05, 0) is 36.5 Å². The van der Waals surface area contributed by atoms with Crippen molar-refractivity contribution in [1.82, 2.24) is 4.98 Å². The Morgan fingerprint density at radius 2 is 2.00 bits per heavy atom. The van der Waals surface area contributed by atoms with Gasteiger partial charge in [-0.25, -0.2) is 4.98 Å². The number of nitrogens with zero attached hydrogens (tertiary/aromatic N) is 1. The molecule has 1 saturated carbocycles. The second-order valence-electron chi connectivity index (χ2n) is 5.70. The van der Waals surface area contributed by atoms with Gasteiger partial charge in [-0.3, -0.25) is 0 Å². The zero-order valence-electron chi connectivity index (χ0n) is 11.7. The molecular weight excluding hydrogens is 323 g/mol. The summed E-state index contributed by atoms with van der Waals surface area (Å²) < 4.78 is 1.35. The standard InChI is InChI=1S/C16H18N2S.2ClH/c17-13-8-4-3-7-12(13)16-18-15-11-6-2-1-5-10(11)9-14(15)19-16;;/h1-2,5,9,12-13H,3-4,6-8,17H2;2*1H. The summed E-state index contributed by atoms with van der Waals surface area (Å²) in [5.41, 5.74) is 9.05. The molecule has 0 bridgehead atoms. The SMILES string of the molecule is Cl.Cl.NC1CCCCC1c1nc2c(s1)=CC1=CC=CCC=21. The number of aromatic nitrogens is 1. The molecule has 0 aromatic carbocycles. The highest BCUT2D eigenvalue weighted by Gasteiger charge is 2.27. The van der Waals surface area contributed by atoms with Crippen LogP contribution < -0.4 is 15.6 Å². The number of hydrogen-bond donors (Lipinski definition) is 1. The number of thiazole rings is 1. The van der Waals surface area contributed by atoms with Gasteiger partial charge in [-0.2, -0.15) is 0 Å². The number of nitrogens with two attached hydrogens (primary N) is 1. The molecule has 1 aromatic heterocycles. The van der Waals surface area contributed by atoms with Gasteiger partial charge in [-0.1, -0.05) is 31.1 Å². The Morgan fingerprint density at radius 1 is 1.19 bits per heavy atom. The predicted molar refractivity (Wildman–Crippen MR) is 94.8 cm³/mol. The maximum absolute atomic E-state index is 6.29. The van der Waals surface area contributed by atoms with Crippen LogP contribution in [-0.2, 0) is 0 Å². The largest absolute Gasteiger partial charge is 0.327 e. The van der Waals surface area contributed by atoms with Crippen LogP contribution in [-0.4, -0.2) is 11.0 Å². The minimum absolute atomic E-state index is 0. The molecule has 5 heteroatoms. The van der Waals surface area contributed by atoms with E-state index in [0.717, 1.165) is 12.8 Å². The summed E-state index contributed by atoms with van der Waals surface area (Å²) in [5.74, 6) is 0.491. The normalized spacial score (nSPS) is 26.0. The highest BCUT2D eigenvalue weighted by atomic mass is 35.5. The maximum atomic E-state index is 6.29. The van der Waals surface area contributed by atoms with E-state index in [1.54, 1.807) is 0 Å². The van der Waals surface area contributed by atoms with Crippen LogP contribution in [0.15, 0.2) is 23.8 Å². The highest BCUT2D eigenvalue weighted by Crippen LogP contribution is 2.32. The molecule has 1 fully saturated rings. The molecule has 2 atom stereocenters. The van der Waals surface area contributed by atoms with Crippen molar-refractivity contribution >= 4 is 47.8 Å². The lowest BCUT2D eigenvalue weighted by molar-refractivity contribution is 0.384. The monoisotopic (exact) mass is 342 g/mol. The molecule has 4 rings (SSSR count). The summed E-state index contributed by atoms with van der Waals surface area (Å²) >= 11 is 1.86. The van der Waals surface area contributed by atoms with Crippen LogP contribution >= 0.6 is 36.2 Å². The van der Waals surface area contributed by atoms with Gasteiger partial charge in [0, 0.05) is 12.0 Å². The summed E-state index contributed by atoms with van der Waals surface area (Å²) in [6, 6.07) is 0.311. The van der Waals surface area contributed by atoms with Crippen LogP contribution in [0.2, 0.25) is 0 Å². The summed E-state index contributed by atoms with van der Waals surface area (Å²) in [6.45, 7) is 0. The number of allylic oxidation sites excluding steroid dienone is 4. The molecule has 0 aliphatic heterocycles. The van der Waals surface area contributed by atoms with Crippen LogP contribution in [0.5, 0.6) is 0 Å². The van der Waals surface area contributed by atoms with Gasteiger partial charge in [0.15, 0.2) is 0 Å². The van der Waals surface area contributed by atoms with Crippen molar-refractivity contribution < 1.29 is 0 Å². The molecule has 3 aliphatic carbocycles. The van der Waals surface area contributed by atoms with Gasteiger partial charge in [0.1, 0.15) is 0 Å². The van der Waals surface area contributed by atoms with Crippen molar-refractivity contribution in [2.45, 2.75) is 44.1 Å². The Hall–Kier alpha value is -0.610. The van der Waals surface area contributed by atoms with Gasteiger partial charge in [-0.15, -0.1) is 36.2 Å². The zero-order valence-corrected chi connectivity index (χ0v) is 14.2. The van der Waals surface area contributed by atoms with Crippen molar-refractivity contribution in [1.29, 1.82) is 0 Å². The Morgan fingerprint density at radius 3 is 2.81 bits per heavy atom. The lowest BCUT2D eigenvalue weighted by atomic mass is 9.85. The van der Waals surface area contributed by atoms with Crippen molar-refractivity contribution in [2.24, 2.45) is 5.73 Å². The van der Waals surface area contributed by atoms with Crippen molar-refractivity contribution in [3.8, 4) is 0 Å². The number of fused-ring (bicyclic) bond motifs is 2. The van der Waals surface area contributed by atoms with Crippen LogP contribution in [0.3, 0.4) is 0 Å². The fraction of sp³-hybridized carbons (Fsp3) is 0.438. The Kier molecular flexibility index (Phi) is 5.31. The Balaban J connectivity index is 0.000000807. The van der Waals surface area contributed by atoms with Crippen molar-refractivity contribution in [3.05, 3.63) is 38.7 Å². The summed E-state index contributed by atoms with van der Waals surface area (Å²) in [5, 5.41) is 2.50. The summed E-state index contributed by atoms with van der Waals surface area (Å²) in [6.07, 6.45) is 14.8. The van der Waals surface area contributed by atoms with Crippen LogP contribution in [0.1, 0.15) is 43.0 Å². The second kappa shape index (κ2) is 6.66. The van der Waals surface area contributed by atoms with Crippen molar-refractivity contribution in [3.63, 3.8) is 0 Å². The van der Waals surface area contributed by atoms with E-state index >= 15 is 0 Å². The van der Waals surface area contributed by atoms with E-state index < -0.39 is 0 Å². The minimum atomic E-state index is 0. The van der Waals surface area contributed by atoms with Crippen molar-refractivity contribution in [2.75, 3.05) is 0 Å². The van der Waals surface area contributed by atoms with Gasteiger partial charge >= 0.3 is 0 Å². The fourth-order valence-corrected chi connectivity index (χ4v) is 4.63. The molecule has 0 spiro atoms. The smallest absolute Gasteiger partial charge is 0.0985 e. The molecule has 1 aromatic rings. The average molecular weight is 343 g/mol. The Labute approximate surface area is 141 Å². The van der Waals surface area contributed by atoms with E-state index in [2.05, 4.69) is 24.3 Å². The van der Waals surface area contributed by atoms with Gasteiger partial charge in [0.05, 0.1) is 14.9 Å². The first-order valence-electron chi connectivity index (χ1n) is 7.17. The molecule has 1 heterocycles. The second-order valence-corrected chi connectivity index (χ2v) is 6.76. The molecule has 0 amide bonds. The molecule has 2 unspecified atom stereocenters. The third-order valence-electron chi connectivity index (χ3n) is 4.46. The first kappa shape index (κ1) is 16.8. The van der Waals surface area contributed by atoms with Gasteiger partial charge < -0.3 is 5.73 Å².